The third kappa shape index (κ3) is 1.41. The predicted octanol–water partition coefficient (Wildman–Crippen LogP) is -0.257. The summed E-state index contributed by atoms with van der Waals surface area (Å²) in [5.74, 6) is -0.224. The molecule has 0 bridgehead atoms. The largest absolute Gasteiger partial charge is 0.291 e. The topological polar surface area (TPSA) is 55.6 Å². The summed E-state index contributed by atoms with van der Waals surface area (Å²) in [5.41, 5.74) is 2.94. The summed E-state index contributed by atoms with van der Waals surface area (Å²) < 4.78 is 0. The lowest BCUT2D eigenvalue weighted by Crippen LogP contribution is -2.43. The van der Waals surface area contributed by atoms with Crippen LogP contribution in [0.3, 0.4) is 0 Å². The summed E-state index contributed by atoms with van der Waals surface area (Å²) in [6, 6.07) is 0. The van der Waals surface area contributed by atoms with Crippen molar-refractivity contribution in [2.24, 2.45) is 5.10 Å². The molecule has 0 spiro atoms. The van der Waals surface area contributed by atoms with Crippen molar-refractivity contribution in [2.75, 3.05) is 6.26 Å². The molecule has 0 aliphatic carbocycles. The van der Waals surface area contributed by atoms with Gasteiger partial charge in [0.05, 0.1) is 0 Å². The summed E-state index contributed by atoms with van der Waals surface area (Å²) in [6.07, 6.45) is 1.87. The van der Waals surface area contributed by atoms with Crippen LogP contribution in [0, 0.1) is 0 Å². The first-order valence-electron chi connectivity index (χ1n) is 2.82. The normalized spacial score (nSPS) is 24.8. The first kappa shape index (κ1) is 7.40. The number of hydrogen-bond acceptors (Lipinski definition) is 4. The Labute approximate surface area is 63.4 Å². The van der Waals surface area contributed by atoms with E-state index in [1.165, 1.54) is 11.8 Å². The van der Waals surface area contributed by atoms with Crippen molar-refractivity contribution in [2.45, 2.75) is 12.4 Å². The van der Waals surface area contributed by atoms with Crippen LogP contribution >= 0.6 is 11.8 Å². The number of rotatable bonds is 1. The van der Waals surface area contributed by atoms with Crippen molar-refractivity contribution in [1.29, 1.82) is 0 Å². The molecule has 1 radical (unpaired) electrons. The molecule has 0 saturated carbocycles. The number of amides is 1. The number of hydrazone groups is 1. The number of thioether (sulfide) groups is 1. The predicted molar refractivity (Wildman–Crippen MR) is 40.7 cm³/mol. The monoisotopic (exact) mass is 158 g/mol. The van der Waals surface area contributed by atoms with E-state index in [1.807, 2.05) is 6.26 Å². The van der Waals surface area contributed by atoms with Gasteiger partial charge in [0.25, 0.3) is 5.91 Å². The van der Waals surface area contributed by atoms with Crippen molar-refractivity contribution in [1.82, 2.24) is 10.7 Å². The van der Waals surface area contributed by atoms with E-state index in [9.17, 15) is 4.79 Å². The summed E-state index contributed by atoms with van der Waals surface area (Å²) in [6.45, 7) is 1.63. The zero-order valence-corrected chi connectivity index (χ0v) is 6.60. The second-order valence-corrected chi connectivity index (χ2v) is 2.77. The first-order valence-corrected chi connectivity index (χ1v) is 4.10. The minimum absolute atomic E-state index is 0.198. The number of carbonyl (C=O) groups is 1. The van der Waals surface area contributed by atoms with Crippen LogP contribution in [0.4, 0.5) is 0 Å². The molecule has 0 aromatic carbocycles. The Morgan fingerprint density at radius 3 is 2.90 bits per heavy atom. The average molecular weight is 158 g/mol. The van der Waals surface area contributed by atoms with E-state index in [0.29, 0.717) is 5.71 Å². The molecule has 0 aromatic heterocycles. The Balaban J connectivity index is 2.59. The summed E-state index contributed by atoms with van der Waals surface area (Å²) in [5, 5.41) is 7.53. The minimum atomic E-state index is -0.224. The Morgan fingerprint density at radius 2 is 2.40 bits per heavy atom. The van der Waals surface area contributed by atoms with E-state index in [0.717, 1.165) is 0 Å². The fraction of sp³-hybridized carbons (Fsp3) is 0.600. The van der Waals surface area contributed by atoms with Crippen LogP contribution in [0.25, 0.3) is 0 Å². The van der Waals surface area contributed by atoms with E-state index in [4.69, 9.17) is 0 Å². The molecule has 1 aliphatic heterocycles. The molecule has 1 aliphatic rings. The molecule has 0 saturated heterocycles. The molecular formula is C5H8N3OS. The SMILES string of the molecule is CSC1[N]C(=O)C(C)=NN1. The highest BCUT2D eigenvalue weighted by Crippen LogP contribution is 2.03. The lowest BCUT2D eigenvalue weighted by atomic mass is 10.4. The highest BCUT2D eigenvalue weighted by Gasteiger charge is 2.19. The van der Waals surface area contributed by atoms with Gasteiger partial charge in [0, 0.05) is 0 Å². The van der Waals surface area contributed by atoms with Crippen LogP contribution in [0.15, 0.2) is 5.10 Å². The van der Waals surface area contributed by atoms with Gasteiger partial charge in [-0.3, -0.25) is 10.2 Å². The van der Waals surface area contributed by atoms with Gasteiger partial charge in [-0.15, -0.1) is 11.8 Å². The molecule has 1 atom stereocenters. The smallest absolute Gasteiger partial charge is 0.276 e. The number of nitrogens with zero attached hydrogens (tertiary/aromatic N) is 2. The Hall–Kier alpha value is -0.710. The van der Waals surface area contributed by atoms with Gasteiger partial charge in [0.1, 0.15) is 5.71 Å². The molecular weight excluding hydrogens is 150 g/mol. The lowest BCUT2D eigenvalue weighted by molar-refractivity contribution is -0.115. The number of carbonyl (C=O) groups excluding carboxylic acids is 1. The van der Waals surface area contributed by atoms with Crippen LogP contribution in [0.1, 0.15) is 6.92 Å². The molecule has 1 unspecified atom stereocenters. The van der Waals surface area contributed by atoms with Crippen LogP contribution in [-0.4, -0.2) is 23.4 Å². The van der Waals surface area contributed by atoms with Gasteiger partial charge < -0.3 is 0 Å². The molecule has 1 amide bonds. The van der Waals surface area contributed by atoms with Crippen molar-refractivity contribution < 1.29 is 4.79 Å². The maximum absolute atomic E-state index is 10.8. The summed E-state index contributed by atoms with van der Waals surface area (Å²) in [7, 11) is 0. The van der Waals surface area contributed by atoms with E-state index in [-0.39, 0.29) is 11.4 Å². The quantitative estimate of drug-likeness (QED) is 0.572. The fourth-order valence-electron chi connectivity index (χ4n) is 0.534. The third-order valence-electron chi connectivity index (χ3n) is 1.11. The first-order chi connectivity index (χ1) is 4.74. The van der Waals surface area contributed by atoms with Gasteiger partial charge in [-0.25, -0.2) is 5.32 Å². The highest BCUT2D eigenvalue weighted by atomic mass is 32.2. The van der Waals surface area contributed by atoms with E-state index < -0.39 is 0 Å². The summed E-state index contributed by atoms with van der Waals surface area (Å²) in [4.78, 5) is 10.8. The molecule has 4 nitrogen and oxygen atoms in total. The van der Waals surface area contributed by atoms with Crippen LogP contribution in [-0.2, 0) is 4.79 Å². The highest BCUT2D eigenvalue weighted by molar-refractivity contribution is 7.99. The standard InChI is InChI=1S/C5H8N3OS/c1-3-4(9)6-5(10-2)8-7-3/h5,8H,1-2H3. The molecule has 5 heteroatoms. The number of hydrogen-bond donors (Lipinski definition) is 1. The molecule has 0 aromatic rings. The lowest BCUT2D eigenvalue weighted by Gasteiger charge is -2.17. The van der Waals surface area contributed by atoms with Crippen LogP contribution in [0.2, 0.25) is 0 Å². The van der Waals surface area contributed by atoms with Crippen LogP contribution < -0.4 is 10.7 Å². The van der Waals surface area contributed by atoms with E-state index in [1.54, 1.807) is 6.92 Å². The van der Waals surface area contributed by atoms with Gasteiger partial charge in [-0.2, -0.15) is 5.10 Å². The molecule has 55 valence electrons. The number of nitrogens with one attached hydrogen (secondary N) is 1. The van der Waals surface area contributed by atoms with Gasteiger partial charge >= 0.3 is 0 Å². The van der Waals surface area contributed by atoms with Gasteiger partial charge in [-0.05, 0) is 13.2 Å². The Morgan fingerprint density at radius 1 is 1.70 bits per heavy atom. The second-order valence-electron chi connectivity index (χ2n) is 1.85. The third-order valence-corrected chi connectivity index (χ3v) is 1.77. The average Bonchev–Trinajstić information content (AvgIpc) is 1.95. The molecule has 10 heavy (non-hydrogen) atoms. The second kappa shape index (κ2) is 2.92. The maximum atomic E-state index is 10.8. The molecule has 0 fully saturated rings. The van der Waals surface area contributed by atoms with Crippen molar-refractivity contribution in [3.8, 4) is 0 Å². The van der Waals surface area contributed by atoms with Gasteiger partial charge in [0.15, 0.2) is 5.50 Å². The fourth-order valence-corrected chi connectivity index (χ4v) is 0.893. The summed E-state index contributed by atoms with van der Waals surface area (Å²) >= 11 is 1.45. The van der Waals surface area contributed by atoms with Gasteiger partial charge in [-0.1, -0.05) is 0 Å². The van der Waals surface area contributed by atoms with Crippen molar-refractivity contribution >= 4 is 23.4 Å². The Kier molecular flexibility index (Phi) is 2.16. The van der Waals surface area contributed by atoms with Gasteiger partial charge in [0.2, 0.25) is 0 Å². The Bertz CT molecular complexity index is 180. The minimum Gasteiger partial charge on any atom is -0.276 e. The molecule has 1 heterocycles. The van der Waals surface area contributed by atoms with E-state index >= 15 is 0 Å². The zero-order chi connectivity index (χ0) is 7.56. The zero-order valence-electron chi connectivity index (χ0n) is 5.79. The van der Waals surface area contributed by atoms with E-state index in [2.05, 4.69) is 15.8 Å². The van der Waals surface area contributed by atoms with Crippen LogP contribution in [0.5, 0.6) is 0 Å². The molecule has 1 N–H and O–H groups in total. The maximum Gasteiger partial charge on any atom is 0.291 e. The van der Waals surface area contributed by atoms with Crippen molar-refractivity contribution in [3.05, 3.63) is 0 Å². The van der Waals surface area contributed by atoms with Crippen molar-refractivity contribution in [3.63, 3.8) is 0 Å². The molecule has 1 rings (SSSR count).